The Hall–Kier alpha value is -1.32. The molecular weight excluding hydrogens is 206 g/mol. The molecule has 0 saturated carbocycles. The van der Waals surface area contributed by atoms with E-state index in [2.05, 4.69) is 0 Å². The van der Waals surface area contributed by atoms with Crippen LogP contribution in [-0.4, -0.2) is 28.0 Å². The van der Waals surface area contributed by atoms with Crippen LogP contribution in [0.3, 0.4) is 0 Å². The standard InChI is InChI=1S/C12H19NO3/c1-8-7-12(5,6)13(9(8)14)10(15)16-11(2,3)4/h7H,1-6H3. The fourth-order valence-electron chi connectivity index (χ4n) is 1.72. The zero-order chi connectivity index (χ0) is 12.7. The number of carbonyl (C=O) groups is 2. The first-order valence-corrected chi connectivity index (χ1v) is 5.31. The summed E-state index contributed by atoms with van der Waals surface area (Å²) in [7, 11) is 0. The highest BCUT2D eigenvalue weighted by Gasteiger charge is 2.42. The van der Waals surface area contributed by atoms with Gasteiger partial charge in [0.2, 0.25) is 0 Å². The predicted octanol–water partition coefficient (Wildman–Crippen LogP) is 2.49. The molecule has 0 aromatic heterocycles. The van der Waals surface area contributed by atoms with Crippen LogP contribution in [0.15, 0.2) is 11.6 Å². The van der Waals surface area contributed by atoms with Crippen LogP contribution < -0.4 is 0 Å². The molecule has 0 bridgehead atoms. The van der Waals surface area contributed by atoms with Crippen molar-refractivity contribution in [2.75, 3.05) is 0 Å². The lowest BCUT2D eigenvalue weighted by atomic mass is 10.1. The Balaban J connectivity index is 2.91. The average molecular weight is 225 g/mol. The number of imide groups is 1. The number of ether oxygens (including phenoxy) is 1. The van der Waals surface area contributed by atoms with Crippen molar-refractivity contribution in [2.24, 2.45) is 0 Å². The minimum absolute atomic E-state index is 0.278. The summed E-state index contributed by atoms with van der Waals surface area (Å²) in [5.41, 5.74) is -0.621. The molecule has 1 rings (SSSR count). The van der Waals surface area contributed by atoms with Gasteiger partial charge < -0.3 is 4.74 Å². The zero-order valence-electron chi connectivity index (χ0n) is 10.7. The van der Waals surface area contributed by atoms with Crippen molar-refractivity contribution in [3.8, 4) is 0 Å². The van der Waals surface area contributed by atoms with E-state index in [9.17, 15) is 9.59 Å². The lowest BCUT2D eigenvalue weighted by molar-refractivity contribution is -0.127. The first-order valence-electron chi connectivity index (χ1n) is 5.31. The molecule has 1 aliphatic heterocycles. The van der Waals surface area contributed by atoms with Gasteiger partial charge in [-0.15, -0.1) is 0 Å². The van der Waals surface area contributed by atoms with E-state index < -0.39 is 17.2 Å². The lowest BCUT2D eigenvalue weighted by Gasteiger charge is -2.31. The summed E-state index contributed by atoms with van der Waals surface area (Å²) in [5.74, 6) is -0.278. The number of nitrogens with zero attached hydrogens (tertiary/aromatic N) is 1. The summed E-state index contributed by atoms with van der Waals surface area (Å²) in [6.07, 6.45) is 1.19. The van der Waals surface area contributed by atoms with Crippen LogP contribution in [0.4, 0.5) is 4.79 Å². The maximum Gasteiger partial charge on any atom is 0.418 e. The van der Waals surface area contributed by atoms with Gasteiger partial charge in [-0.05, 0) is 41.5 Å². The summed E-state index contributed by atoms with van der Waals surface area (Å²) in [5, 5.41) is 0. The molecule has 1 aliphatic rings. The molecule has 0 fully saturated rings. The number of carbonyl (C=O) groups excluding carboxylic acids is 2. The van der Waals surface area contributed by atoms with Gasteiger partial charge in [0, 0.05) is 5.57 Å². The summed E-state index contributed by atoms with van der Waals surface area (Å²) in [6, 6.07) is 0. The molecule has 0 spiro atoms. The van der Waals surface area contributed by atoms with Gasteiger partial charge in [-0.3, -0.25) is 4.79 Å². The summed E-state index contributed by atoms with van der Waals surface area (Å²) in [6.45, 7) is 10.7. The van der Waals surface area contributed by atoms with Crippen molar-refractivity contribution in [1.29, 1.82) is 0 Å². The van der Waals surface area contributed by atoms with E-state index in [1.54, 1.807) is 33.8 Å². The fourth-order valence-corrected chi connectivity index (χ4v) is 1.72. The molecule has 0 aromatic rings. The number of hydrogen-bond acceptors (Lipinski definition) is 3. The van der Waals surface area contributed by atoms with E-state index in [1.807, 2.05) is 13.8 Å². The summed E-state index contributed by atoms with van der Waals surface area (Å²) in [4.78, 5) is 24.8. The maximum atomic E-state index is 11.9. The summed E-state index contributed by atoms with van der Waals surface area (Å²) >= 11 is 0. The second kappa shape index (κ2) is 3.61. The molecule has 2 amide bonds. The van der Waals surface area contributed by atoms with Crippen LogP contribution in [0, 0.1) is 0 Å². The molecule has 16 heavy (non-hydrogen) atoms. The number of amides is 2. The van der Waals surface area contributed by atoms with Gasteiger partial charge in [0.05, 0.1) is 5.54 Å². The van der Waals surface area contributed by atoms with Gasteiger partial charge in [0.15, 0.2) is 0 Å². The second-order valence-corrected chi connectivity index (χ2v) is 5.60. The Morgan fingerprint density at radius 3 is 2.19 bits per heavy atom. The van der Waals surface area contributed by atoms with Crippen LogP contribution in [0.5, 0.6) is 0 Å². The Kier molecular flexibility index (Phi) is 2.88. The highest BCUT2D eigenvalue weighted by molar-refractivity contribution is 6.05. The third-order valence-electron chi connectivity index (χ3n) is 2.26. The molecule has 0 atom stereocenters. The van der Waals surface area contributed by atoms with Crippen molar-refractivity contribution in [3.63, 3.8) is 0 Å². The van der Waals surface area contributed by atoms with Crippen LogP contribution >= 0.6 is 0 Å². The lowest BCUT2D eigenvalue weighted by Crippen LogP contribution is -2.48. The average Bonchev–Trinajstić information content (AvgIpc) is 2.16. The molecular formula is C12H19NO3. The van der Waals surface area contributed by atoms with Gasteiger partial charge >= 0.3 is 6.09 Å². The van der Waals surface area contributed by atoms with Crippen LogP contribution in [-0.2, 0) is 9.53 Å². The highest BCUT2D eigenvalue weighted by Crippen LogP contribution is 2.29. The van der Waals surface area contributed by atoms with E-state index in [-0.39, 0.29) is 5.91 Å². The molecule has 0 aliphatic carbocycles. The molecule has 0 N–H and O–H groups in total. The van der Waals surface area contributed by atoms with Crippen molar-refractivity contribution < 1.29 is 14.3 Å². The van der Waals surface area contributed by atoms with E-state index in [0.29, 0.717) is 5.57 Å². The van der Waals surface area contributed by atoms with E-state index in [4.69, 9.17) is 4.74 Å². The highest BCUT2D eigenvalue weighted by atomic mass is 16.6. The van der Waals surface area contributed by atoms with Gasteiger partial charge in [-0.25, -0.2) is 9.69 Å². The predicted molar refractivity (Wildman–Crippen MR) is 60.9 cm³/mol. The third-order valence-corrected chi connectivity index (χ3v) is 2.26. The van der Waals surface area contributed by atoms with Gasteiger partial charge in [-0.2, -0.15) is 0 Å². The van der Waals surface area contributed by atoms with Gasteiger partial charge in [0.1, 0.15) is 5.60 Å². The number of rotatable bonds is 0. The van der Waals surface area contributed by atoms with Crippen molar-refractivity contribution in [1.82, 2.24) is 4.90 Å². The topological polar surface area (TPSA) is 46.6 Å². The zero-order valence-corrected chi connectivity index (χ0v) is 10.7. The molecule has 4 nitrogen and oxygen atoms in total. The molecule has 1 heterocycles. The monoisotopic (exact) mass is 225 g/mol. The Morgan fingerprint density at radius 1 is 1.38 bits per heavy atom. The minimum Gasteiger partial charge on any atom is -0.443 e. The summed E-state index contributed by atoms with van der Waals surface area (Å²) < 4.78 is 5.21. The van der Waals surface area contributed by atoms with Crippen molar-refractivity contribution >= 4 is 12.0 Å². The third kappa shape index (κ3) is 2.43. The van der Waals surface area contributed by atoms with E-state index in [0.717, 1.165) is 4.90 Å². The Morgan fingerprint density at radius 2 is 1.88 bits per heavy atom. The van der Waals surface area contributed by atoms with E-state index >= 15 is 0 Å². The fraction of sp³-hybridized carbons (Fsp3) is 0.667. The normalized spacial score (nSPS) is 19.8. The van der Waals surface area contributed by atoms with Crippen LogP contribution in [0.2, 0.25) is 0 Å². The Bertz CT molecular complexity index is 361. The first kappa shape index (κ1) is 12.7. The maximum absolute atomic E-state index is 11.9. The smallest absolute Gasteiger partial charge is 0.418 e. The molecule has 0 aromatic carbocycles. The minimum atomic E-state index is -0.608. The largest absolute Gasteiger partial charge is 0.443 e. The molecule has 90 valence electrons. The van der Waals surface area contributed by atoms with Gasteiger partial charge in [0.25, 0.3) is 5.91 Å². The molecule has 0 saturated heterocycles. The molecule has 0 radical (unpaired) electrons. The Labute approximate surface area is 96.3 Å². The molecule has 0 unspecified atom stereocenters. The molecule has 4 heteroatoms. The second-order valence-electron chi connectivity index (χ2n) is 5.60. The quantitative estimate of drug-likeness (QED) is 0.636. The van der Waals surface area contributed by atoms with Crippen molar-refractivity contribution in [2.45, 2.75) is 52.7 Å². The SMILES string of the molecule is CC1=CC(C)(C)N(C(=O)OC(C)(C)C)C1=O. The van der Waals surface area contributed by atoms with Gasteiger partial charge in [-0.1, -0.05) is 6.08 Å². The van der Waals surface area contributed by atoms with Crippen LogP contribution in [0.25, 0.3) is 0 Å². The first-order chi connectivity index (χ1) is 7.04. The van der Waals surface area contributed by atoms with E-state index in [1.165, 1.54) is 0 Å². The van der Waals surface area contributed by atoms with Crippen molar-refractivity contribution in [3.05, 3.63) is 11.6 Å². The number of hydrogen-bond donors (Lipinski definition) is 0. The van der Waals surface area contributed by atoms with Crippen LogP contribution in [0.1, 0.15) is 41.5 Å².